The highest BCUT2D eigenvalue weighted by atomic mass is 35.5. The van der Waals surface area contributed by atoms with E-state index in [2.05, 4.69) is 4.40 Å². The van der Waals surface area contributed by atoms with Crippen molar-refractivity contribution in [3.05, 3.63) is 50.7 Å². The predicted octanol–water partition coefficient (Wildman–Crippen LogP) is 4.45. The second-order valence-electron chi connectivity index (χ2n) is 5.82. The van der Waals surface area contributed by atoms with Crippen molar-refractivity contribution < 1.29 is 13.2 Å². The van der Waals surface area contributed by atoms with Crippen molar-refractivity contribution >= 4 is 73.2 Å². The maximum absolute atomic E-state index is 13.0. The maximum Gasteiger partial charge on any atom is 0.294 e. The molecule has 0 aliphatic carbocycles. The van der Waals surface area contributed by atoms with Crippen LogP contribution in [0.2, 0.25) is 4.34 Å². The Morgan fingerprint density at radius 1 is 1.14 bits per heavy atom. The molecule has 11 heteroatoms. The van der Waals surface area contributed by atoms with Crippen molar-refractivity contribution in [2.75, 3.05) is 18.5 Å². The summed E-state index contributed by atoms with van der Waals surface area (Å²) in [5, 5.41) is 0.931. The van der Waals surface area contributed by atoms with Gasteiger partial charge in [0.1, 0.15) is 9.11 Å². The largest absolute Gasteiger partial charge is 0.337 e. The van der Waals surface area contributed by atoms with Gasteiger partial charge in [-0.15, -0.1) is 15.7 Å². The zero-order valence-electron chi connectivity index (χ0n) is 14.7. The molecule has 146 valence electrons. The van der Waals surface area contributed by atoms with Gasteiger partial charge in [-0.2, -0.15) is 8.42 Å². The van der Waals surface area contributed by atoms with Gasteiger partial charge in [-0.25, -0.2) is 0 Å². The van der Waals surface area contributed by atoms with Crippen LogP contribution in [0.5, 0.6) is 0 Å². The van der Waals surface area contributed by atoms with Crippen LogP contribution in [0.15, 0.2) is 59.8 Å². The van der Waals surface area contributed by atoms with E-state index >= 15 is 0 Å². The lowest BCUT2D eigenvalue weighted by atomic mass is 10.3. The molecule has 3 heterocycles. The second-order valence-corrected chi connectivity index (χ2v) is 11.4. The number of halogens is 1. The average molecular weight is 472 g/mol. The molecule has 0 bridgehead atoms. The van der Waals surface area contributed by atoms with Crippen LogP contribution in [-0.2, 0) is 14.8 Å². The predicted molar refractivity (Wildman–Crippen MR) is 117 cm³/mol. The first-order valence-electron chi connectivity index (χ1n) is 8.16. The van der Waals surface area contributed by atoms with E-state index in [0.717, 1.165) is 38.7 Å². The Morgan fingerprint density at radius 2 is 1.89 bits per heavy atom. The molecule has 1 amide bonds. The number of thiophene rings is 1. The van der Waals surface area contributed by atoms with E-state index in [-0.39, 0.29) is 15.3 Å². The molecular weight excluding hydrogens is 458 g/mol. The van der Waals surface area contributed by atoms with Gasteiger partial charge in [0, 0.05) is 18.5 Å². The molecule has 2 aliphatic heterocycles. The lowest BCUT2D eigenvalue weighted by Gasteiger charge is -2.15. The van der Waals surface area contributed by atoms with Gasteiger partial charge < -0.3 is 4.90 Å². The smallest absolute Gasteiger partial charge is 0.294 e. The summed E-state index contributed by atoms with van der Waals surface area (Å²) >= 11 is 9.37. The number of fused-ring (bicyclic) bond motifs is 1. The minimum Gasteiger partial charge on any atom is -0.337 e. The molecule has 1 fully saturated rings. The Labute approximate surface area is 180 Å². The number of para-hydroxylation sites is 1. The lowest BCUT2D eigenvalue weighted by Crippen LogP contribution is -2.29. The van der Waals surface area contributed by atoms with Crippen LogP contribution in [-0.4, -0.2) is 38.0 Å². The van der Waals surface area contributed by atoms with E-state index in [1.54, 1.807) is 6.92 Å². The lowest BCUT2D eigenvalue weighted by molar-refractivity contribution is -0.122. The van der Waals surface area contributed by atoms with E-state index in [1.165, 1.54) is 28.8 Å². The Morgan fingerprint density at radius 3 is 2.54 bits per heavy atom. The molecule has 1 saturated heterocycles. The van der Waals surface area contributed by atoms with E-state index in [9.17, 15) is 13.2 Å². The van der Waals surface area contributed by atoms with E-state index < -0.39 is 10.0 Å². The molecule has 1 aromatic carbocycles. The van der Waals surface area contributed by atoms with Gasteiger partial charge in [0.25, 0.3) is 15.9 Å². The molecule has 0 saturated carbocycles. The third-order valence-electron chi connectivity index (χ3n) is 4.11. The number of rotatable bonds is 3. The third kappa shape index (κ3) is 3.37. The first kappa shape index (κ1) is 19.8. The Balaban J connectivity index is 1.74. The molecule has 0 unspecified atom stereocenters. The van der Waals surface area contributed by atoms with Gasteiger partial charge in [0.2, 0.25) is 0 Å². The summed E-state index contributed by atoms with van der Waals surface area (Å²) in [7, 11) is -2.05. The monoisotopic (exact) mass is 471 g/mol. The summed E-state index contributed by atoms with van der Waals surface area (Å²) in [6.45, 7) is 2.11. The summed E-state index contributed by atoms with van der Waals surface area (Å²) in [6.07, 6.45) is 0. The van der Waals surface area contributed by atoms with Crippen molar-refractivity contribution in [2.45, 2.75) is 16.0 Å². The second kappa shape index (κ2) is 7.42. The van der Waals surface area contributed by atoms with Crippen LogP contribution in [0, 0.1) is 0 Å². The standard InChI is InChI=1S/C17H14ClN3O3S4/c1-3-21-15(22)14(16-20(2)10-6-4-5-7-11(10)25-16)27-17(21)19-28(23,24)13-9-8-12(18)26-13/h4-9H,3H2,1-2H3. The number of benzene rings is 1. The number of nitrogens with zero attached hydrogens (tertiary/aromatic N) is 3. The Hall–Kier alpha value is -1.46. The SMILES string of the molecule is CCN1C(=O)C(=C2Sc3ccccc3N2C)SC1=NS(=O)(=O)c1ccc(Cl)s1. The van der Waals surface area contributed by atoms with Gasteiger partial charge >= 0.3 is 0 Å². The zero-order chi connectivity index (χ0) is 20.1. The van der Waals surface area contributed by atoms with Crippen molar-refractivity contribution in [1.29, 1.82) is 0 Å². The van der Waals surface area contributed by atoms with E-state index in [0.29, 0.717) is 15.8 Å². The van der Waals surface area contributed by atoms with Gasteiger partial charge in [0.05, 0.1) is 15.1 Å². The number of amides is 1. The first-order valence-corrected chi connectivity index (χ1v) is 12.4. The Kier molecular flexibility index (Phi) is 5.25. The van der Waals surface area contributed by atoms with Crippen LogP contribution in [0.1, 0.15) is 6.92 Å². The summed E-state index contributed by atoms with van der Waals surface area (Å²) in [5.74, 6) is -0.243. The van der Waals surface area contributed by atoms with Crippen LogP contribution >= 0.6 is 46.5 Å². The number of thioether (sulfide) groups is 2. The molecule has 0 N–H and O–H groups in total. The van der Waals surface area contributed by atoms with Gasteiger partial charge in [-0.1, -0.05) is 35.5 Å². The fourth-order valence-corrected chi connectivity index (χ4v) is 7.82. The highest BCUT2D eigenvalue weighted by Crippen LogP contribution is 2.49. The number of anilines is 1. The van der Waals surface area contributed by atoms with E-state index in [1.807, 2.05) is 36.2 Å². The van der Waals surface area contributed by atoms with Crippen molar-refractivity contribution in [1.82, 2.24) is 4.90 Å². The summed E-state index contributed by atoms with van der Waals surface area (Å²) < 4.78 is 29.6. The highest BCUT2D eigenvalue weighted by molar-refractivity contribution is 8.19. The molecule has 1 aromatic heterocycles. The molecule has 0 radical (unpaired) electrons. The topological polar surface area (TPSA) is 70.1 Å². The third-order valence-corrected chi connectivity index (χ3v) is 9.63. The Bertz CT molecular complexity index is 1140. The molecule has 4 rings (SSSR count). The molecule has 2 aliphatic rings. The fraction of sp³-hybridized carbons (Fsp3) is 0.176. The number of amidine groups is 1. The van der Waals surface area contributed by atoms with Gasteiger partial charge in [-0.05, 0) is 43.0 Å². The number of likely N-dealkylation sites (N-methyl/N-ethyl adjacent to an activating group) is 1. The highest BCUT2D eigenvalue weighted by Gasteiger charge is 2.39. The first-order chi connectivity index (χ1) is 13.3. The average Bonchev–Trinajstić information content (AvgIpc) is 3.32. The maximum atomic E-state index is 13.0. The van der Waals surface area contributed by atoms with Gasteiger partial charge in [0.15, 0.2) is 5.17 Å². The van der Waals surface area contributed by atoms with Crippen molar-refractivity contribution in [2.24, 2.45) is 4.40 Å². The zero-order valence-corrected chi connectivity index (χ0v) is 18.8. The molecule has 0 spiro atoms. The molecule has 28 heavy (non-hydrogen) atoms. The number of sulfonamides is 1. The van der Waals surface area contributed by atoms with Crippen LogP contribution in [0.4, 0.5) is 5.69 Å². The number of hydrogen-bond donors (Lipinski definition) is 0. The van der Waals surface area contributed by atoms with Crippen LogP contribution in [0.25, 0.3) is 0 Å². The minimum atomic E-state index is -3.94. The number of carbonyl (C=O) groups excluding carboxylic acids is 1. The van der Waals surface area contributed by atoms with Crippen LogP contribution in [0.3, 0.4) is 0 Å². The molecular formula is C17H14ClN3O3S4. The summed E-state index contributed by atoms with van der Waals surface area (Å²) in [4.78, 5) is 17.8. The van der Waals surface area contributed by atoms with Gasteiger partial charge in [-0.3, -0.25) is 9.69 Å². The van der Waals surface area contributed by atoms with E-state index in [4.69, 9.17) is 11.6 Å². The molecule has 6 nitrogen and oxygen atoms in total. The quantitative estimate of drug-likeness (QED) is 0.616. The normalized spacial score (nSPS) is 21.1. The van der Waals surface area contributed by atoms with Crippen LogP contribution < -0.4 is 4.90 Å². The molecule has 2 aromatic rings. The minimum absolute atomic E-state index is 0.0509. The summed E-state index contributed by atoms with van der Waals surface area (Å²) in [6, 6.07) is 10.8. The van der Waals surface area contributed by atoms with Crippen molar-refractivity contribution in [3.8, 4) is 0 Å². The molecule has 0 atom stereocenters. The summed E-state index contributed by atoms with van der Waals surface area (Å²) in [5.41, 5.74) is 1.01. The number of carbonyl (C=O) groups is 1. The number of hydrogen-bond acceptors (Lipinski definition) is 7. The fourth-order valence-electron chi connectivity index (χ4n) is 2.77. The van der Waals surface area contributed by atoms with Crippen molar-refractivity contribution in [3.63, 3.8) is 0 Å².